The van der Waals surface area contributed by atoms with Crippen LogP contribution in [-0.4, -0.2) is 47.9 Å². The molecule has 1 fully saturated rings. The lowest BCUT2D eigenvalue weighted by Gasteiger charge is -2.33. The molecule has 7 nitrogen and oxygen atoms in total. The van der Waals surface area contributed by atoms with Crippen molar-refractivity contribution in [1.29, 1.82) is 0 Å². The molecule has 1 saturated heterocycles. The van der Waals surface area contributed by atoms with Gasteiger partial charge in [0.05, 0.1) is 11.3 Å². The Hall–Kier alpha value is -3.22. The molecule has 27 heavy (non-hydrogen) atoms. The summed E-state index contributed by atoms with van der Waals surface area (Å²) in [5.41, 5.74) is 3.81. The molecule has 0 radical (unpaired) electrons. The van der Waals surface area contributed by atoms with Crippen molar-refractivity contribution in [3.63, 3.8) is 0 Å². The maximum Gasteiger partial charge on any atom is 0.255 e. The van der Waals surface area contributed by atoms with Crippen LogP contribution in [0, 0.1) is 6.92 Å². The standard InChI is InChI=1S/C20H20N6O/c1-14-10-18(26-20(23-14)21-13-22-26)15-4-2-9-25(11-15)19(27)16-6-7-17-5-3-8-24(17)12-16/h3,5-8,10,12-13,15H,2,4,9,11H2,1H3. The average molecular weight is 360 g/mol. The number of carbonyl (C=O) groups is 1. The number of pyridine rings is 1. The number of carbonyl (C=O) groups excluding carboxylic acids is 1. The summed E-state index contributed by atoms with van der Waals surface area (Å²) in [6.45, 7) is 3.43. The average Bonchev–Trinajstić information content (AvgIpc) is 3.35. The molecule has 0 N–H and O–H groups in total. The summed E-state index contributed by atoms with van der Waals surface area (Å²) in [4.78, 5) is 23.7. The fraction of sp³-hybridized carbons (Fsp3) is 0.300. The van der Waals surface area contributed by atoms with Gasteiger partial charge in [-0.2, -0.15) is 10.1 Å². The Morgan fingerprint density at radius 2 is 2.19 bits per heavy atom. The highest BCUT2D eigenvalue weighted by atomic mass is 16.2. The van der Waals surface area contributed by atoms with Gasteiger partial charge in [-0.05, 0) is 50.1 Å². The Kier molecular flexibility index (Phi) is 3.67. The minimum Gasteiger partial charge on any atom is -0.338 e. The van der Waals surface area contributed by atoms with E-state index in [1.165, 1.54) is 6.33 Å². The smallest absolute Gasteiger partial charge is 0.255 e. The molecule has 4 aromatic heterocycles. The first-order valence-electron chi connectivity index (χ1n) is 9.22. The molecule has 7 heteroatoms. The quantitative estimate of drug-likeness (QED) is 0.551. The van der Waals surface area contributed by atoms with E-state index in [9.17, 15) is 4.79 Å². The van der Waals surface area contributed by atoms with Crippen molar-refractivity contribution < 1.29 is 4.79 Å². The third-order valence-corrected chi connectivity index (χ3v) is 5.30. The van der Waals surface area contributed by atoms with Gasteiger partial charge in [0.25, 0.3) is 11.7 Å². The third-order valence-electron chi connectivity index (χ3n) is 5.30. The minimum atomic E-state index is 0.0795. The van der Waals surface area contributed by atoms with Crippen LogP contribution in [0.25, 0.3) is 11.3 Å². The highest BCUT2D eigenvalue weighted by molar-refractivity contribution is 5.94. The van der Waals surface area contributed by atoms with E-state index in [2.05, 4.69) is 21.1 Å². The molecular weight excluding hydrogens is 340 g/mol. The van der Waals surface area contributed by atoms with Crippen LogP contribution in [0.15, 0.2) is 49.1 Å². The van der Waals surface area contributed by atoms with Crippen LogP contribution in [0.4, 0.5) is 0 Å². The second-order valence-electron chi connectivity index (χ2n) is 7.14. The van der Waals surface area contributed by atoms with Crippen molar-refractivity contribution in [1.82, 2.24) is 28.9 Å². The molecule has 1 atom stereocenters. The monoisotopic (exact) mass is 360 g/mol. The molecule has 136 valence electrons. The van der Waals surface area contributed by atoms with Crippen LogP contribution in [0.2, 0.25) is 0 Å². The van der Waals surface area contributed by atoms with Crippen molar-refractivity contribution in [2.24, 2.45) is 0 Å². The highest BCUT2D eigenvalue weighted by Crippen LogP contribution is 2.28. The lowest BCUT2D eigenvalue weighted by atomic mass is 9.93. The molecule has 1 aliphatic heterocycles. The Bertz CT molecular complexity index is 1140. The number of nitrogens with zero attached hydrogens (tertiary/aromatic N) is 6. The second-order valence-corrected chi connectivity index (χ2v) is 7.14. The number of likely N-dealkylation sites (tertiary alicyclic amines) is 1. The Morgan fingerprint density at radius 3 is 3.11 bits per heavy atom. The first-order chi connectivity index (χ1) is 13.2. The van der Waals surface area contributed by atoms with E-state index >= 15 is 0 Å². The van der Waals surface area contributed by atoms with Gasteiger partial charge in [-0.25, -0.2) is 9.50 Å². The lowest BCUT2D eigenvalue weighted by Crippen LogP contribution is -2.39. The fourth-order valence-electron chi connectivity index (χ4n) is 4.00. The molecule has 5 rings (SSSR count). The summed E-state index contributed by atoms with van der Waals surface area (Å²) in [5, 5.41) is 4.33. The van der Waals surface area contributed by atoms with Crippen LogP contribution < -0.4 is 0 Å². The van der Waals surface area contributed by atoms with Gasteiger partial charge in [0.15, 0.2) is 0 Å². The van der Waals surface area contributed by atoms with Gasteiger partial charge < -0.3 is 9.30 Å². The molecule has 1 aliphatic rings. The van der Waals surface area contributed by atoms with Crippen molar-refractivity contribution in [2.75, 3.05) is 13.1 Å². The Morgan fingerprint density at radius 1 is 1.26 bits per heavy atom. The van der Waals surface area contributed by atoms with E-state index in [1.807, 2.05) is 52.9 Å². The minimum absolute atomic E-state index is 0.0795. The molecule has 1 amide bonds. The molecule has 4 aromatic rings. The van der Waals surface area contributed by atoms with E-state index in [-0.39, 0.29) is 11.8 Å². The summed E-state index contributed by atoms with van der Waals surface area (Å²) in [6.07, 6.45) is 7.40. The number of hydrogen-bond donors (Lipinski definition) is 0. The Balaban J connectivity index is 1.44. The summed E-state index contributed by atoms with van der Waals surface area (Å²) < 4.78 is 3.79. The molecule has 0 bridgehead atoms. The molecule has 5 heterocycles. The number of piperidine rings is 1. The number of fused-ring (bicyclic) bond motifs is 2. The topological polar surface area (TPSA) is 67.8 Å². The number of amides is 1. The van der Waals surface area contributed by atoms with Gasteiger partial charge in [-0.1, -0.05) is 0 Å². The summed E-state index contributed by atoms with van der Waals surface area (Å²) in [7, 11) is 0. The number of aryl methyl sites for hydroxylation is 1. The van der Waals surface area contributed by atoms with Crippen LogP contribution >= 0.6 is 0 Å². The second kappa shape index (κ2) is 6.19. The van der Waals surface area contributed by atoms with Crippen molar-refractivity contribution in [3.05, 3.63) is 66.0 Å². The van der Waals surface area contributed by atoms with Gasteiger partial charge in [0, 0.05) is 42.6 Å². The zero-order valence-corrected chi connectivity index (χ0v) is 15.1. The molecule has 0 saturated carbocycles. The molecule has 1 unspecified atom stereocenters. The predicted octanol–water partition coefficient (Wildman–Crippen LogP) is 2.71. The van der Waals surface area contributed by atoms with Crippen molar-refractivity contribution in [2.45, 2.75) is 25.7 Å². The summed E-state index contributed by atoms with van der Waals surface area (Å²) in [6, 6.07) is 9.97. The van der Waals surface area contributed by atoms with E-state index in [0.29, 0.717) is 12.3 Å². The van der Waals surface area contributed by atoms with Crippen LogP contribution in [0.5, 0.6) is 0 Å². The van der Waals surface area contributed by atoms with E-state index in [1.54, 1.807) is 4.52 Å². The molecule has 0 aromatic carbocycles. The number of aromatic nitrogens is 5. The fourth-order valence-corrected chi connectivity index (χ4v) is 4.00. The molecule has 0 spiro atoms. The largest absolute Gasteiger partial charge is 0.338 e. The Labute approximate surface area is 156 Å². The number of hydrogen-bond acceptors (Lipinski definition) is 4. The molecule has 0 aliphatic carbocycles. The lowest BCUT2D eigenvalue weighted by molar-refractivity contribution is 0.0704. The van der Waals surface area contributed by atoms with Crippen LogP contribution in [-0.2, 0) is 0 Å². The first kappa shape index (κ1) is 16.0. The maximum atomic E-state index is 13.1. The van der Waals surface area contributed by atoms with E-state index in [0.717, 1.165) is 41.9 Å². The van der Waals surface area contributed by atoms with Gasteiger partial charge in [-0.15, -0.1) is 0 Å². The van der Waals surface area contributed by atoms with Gasteiger partial charge in [-0.3, -0.25) is 4.79 Å². The van der Waals surface area contributed by atoms with Gasteiger partial charge >= 0.3 is 0 Å². The summed E-state index contributed by atoms with van der Waals surface area (Å²) in [5.74, 6) is 0.923. The third kappa shape index (κ3) is 2.75. The first-order valence-corrected chi connectivity index (χ1v) is 9.22. The zero-order valence-electron chi connectivity index (χ0n) is 15.1. The van der Waals surface area contributed by atoms with Crippen molar-refractivity contribution >= 4 is 17.2 Å². The van der Waals surface area contributed by atoms with E-state index in [4.69, 9.17) is 0 Å². The van der Waals surface area contributed by atoms with Gasteiger partial charge in [0.2, 0.25) is 0 Å². The van der Waals surface area contributed by atoms with Crippen LogP contribution in [0.1, 0.15) is 40.5 Å². The summed E-state index contributed by atoms with van der Waals surface area (Å²) >= 11 is 0. The van der Waals surface area contributed by atoms with Crippen LogP contribution in [0.3, 0.4) is 0 Å². The maximum absolute atomic E-state index is 13.1. The predicted molar refractivity (Wildman–Crippen MR) is 101 cm³/mol. The molecular formula is C20H20N6O. The SMILES string of the molecule is Cc1cc(C2CCCN(C(=O)c3ccc4cccn4c3)C2)n2ncnc2n1. The van der Waals surface area contributed by atoms with E-state index < -0.39 is 0 Å². The van der Waals surface area contributed by atoms with Gasteiger partial charge in [0.1, 0.15) is 6.33 Å². The zero-order chi connectivity index (χ0) is 18.4. The number of rotatable bonds is 2. The van der Waals surface area contributed by atoms with Crippen molar-refractivity contribution in [3.8, 4) is 0 Å². The highest BCUT2D eigenvalue weighted by Gasteiger charge is 2.27. The normalized spacial score (nSPS) is 17.7.